The van der Waals surface area contributed by atoms with Gasteiger partial charge in [-0.15, -0.1) is 0 Å². The standard InChI is InChI=1S/C14H18N4O2/c15-11-8-12(14(19)17-9-11)10-1-2-16-13(7-10)18-3-5-20-6-4-18/h1-2,7-9,14,17,19H,3-6,15H2. The monoisotopic (exact) mass is 274 g/mol. The third-order valence-corrected chi connectivity index (χ3v) is 3.44. The van der Waals surface area contributed by atoms with Gasteiger partial charge < -0.3 is 25.8 Å². The zero-order valence-corrected chi connectivity index (χ0v) is 11.1. The van der Waals surface area contributed by atoms with Gasteiger partial charge in [0.15, 0.2) is 6.23 Å². The number of nitrogens with zero attached hydrogens (tertiary/aromatic N) is 2. The number of rotatable bonds is 2. The lowest BCUT2D eigenvalue weighted by Crippen LogP contribution is -2.36. The summed E-state index contributed by atoms with van der Waals surface area (Å²) in [5, 5.41) is 12.8. The van der Waals surface area contributed by atoms with Crippen LogP contribution in [0.3, 0.4) is 0 Å². The molecule has 0 saturated carbocycles. The molecule has 0 amide bonds. The van der Waals surface area contributed by atoms with Crippen molar-refractivity contribution >= 4 is 11.4 Å². The van der Waals surface area contributed by atoms with E-state index < -0.39 is 6.23 Å². The largest absolute Gasteiger partial charge is 0.398 e. The van der Waals surface area contributed by atoms with Crippen LogP contribution < -0.4 is 16.0 Å². The van der Waals surface area contributed by atoms with Gasteiger partial charge in [0.05, 0.1) is 13.2 Å². The molecule has 2 aliphatic heterocycles. The van der Waals surface area contributed by atoms with Crippen LogP contribution in [0.25, 0.3) is 5.57 Å². The Labute approximate surface area is 117 Å². The Bertz CT molecular complexity index is 550. The quantitative estimate of drug-likeness (QED) is 0.705. The summed E-state index contributed by atoms with van der Waals surface area (Å²) in [6.45, 7) is 3.10. The fourth-order valence-electron chi connectivity index (χ4n) is 2.37. The van der Waals surface area contributed by atoms with Crippen LogP contribution in [0.2, 0.25) is 0 Å². The number of nitrogens with one attached hydrogen (secondary N) is 1. The van der Waals surface area contributed by atoms with E-state index in [2.05, 4.69) is 15.2 Å². The highest BCUT2D eigenvalue weighted by Gasteiger charge is 2.18. The molecule has 3 heterocycles. The molecule has 1 unspecified atom stereocenters. The smallest absolute Gasteiger partial charge is 0.151 e. The topological polar surface area (TPSA) is 83.6 Å². The third kappa shape index (κ3) is 2.61. The number of nitrogens with two attached hydrogens (primary N) is 1. The second-order valence-electron chi connectivity index (χ2n) is 4.82. The summed E-state index contributed by atoms with van der Waals surface area (Å²) in [7, 11) is 0. The molecule has 106 valence electrons. The molecule has 3 rings (SSSR count). The zero-order valence-electron chi connectivity index (χ0n) is 11.1. The Hall–Kier alpha value is -2.05. The SMILES string of the molecule is NC1=CNC(O)C(c2ccnc(N3CCOCC3)c2)=C1. The van der Waals surface area contributed by atoms with Gasteiger partial charge in [-0.3, -0.25) is 0 Å². The van der Waals surface area contributed by atoms with Crippen LogP contribution in [0.1, 0.15) is 5.56 Å². The summed E-state index contributed by atoms with van der Waals surface area (Å²) >= 11 is 0. The van der Waals surface area contributed by atoms with E-state index in [9.17, 15) is 5.11 Å². The average Bonchev–Trinajstić information content (AvgIpc) is 2.51. The van der Waals surface area contributed by atoms with Crippen LogP contribution >= 0.6 is 0 Å². The van der Waals surface area contributed by atoms with E-state index in [0.29, 0.717) is 18.9 Å². The normalized spacial score (nSPS) is 22.9. The first-order valence-electron chi connectivity index (χ1n) is 6.64. The molecule has 6 nitrogen and oxygen atoms in total. The van der Waals surface area contributed by atoms with Crippen LogP contribution in [0.5, 0.6) is 0 Å². The molecule has 1 atom stereocenters. The molecule has 0 spiro atoms. The molecule has 0 bridgehead atoms. The minimum atomic E-state index is -0.748. The Morgan fingerprint density at radius 2 is 2.20 bits per heavy atom. The second kappa shape index (κ2) is 5.52. The lowest BCUT2D eigenvalue weighted by molar-refractivity contribution is 0.122. The van der Waals surface area contributed by atoms with Crippen LogP contribution in [-0.2, 0) is 4.74 Å². The van der Waals surface area contributed by atoms with Crippen molar-refractivity contribution in [1.82, 2.24) is 10.3 Å². The number of aliphatic hydroxyl groups is 1. The van der Waals surface area contributed by atoms with Crippen LogP contribution in [0, 0.1) is 0 Å². The van der Waals surface area contributed by atoms with Gasteiger partial charge in [0, 0.05) is 36.8 Å². The number of ether oxygens (including phenoxy) is 1. The van der Waals surface area contributed by atoms with Crippen molar-refractivity contribution in [2.24, 2.45) is 5.73 Å². The Balaban J connectivity index is 1.89. The van der Waals surface area contributed by atoms with Crippen LogP contribution in [0.15, 0.2) is 36.3 Å². The lowest BCUT2D eigenvalue weighted by atomic mass is 10.0. The Kier molecular flexibility index (Phi) is 3.58. The predicted octanol–water partition coefficient (Wildman–Crippen LogP) is 0.0233. The Morgan fingerprint density at radius 3 is 3.00 bits per heavy atom. The van der Waals surface area contributed by atoms with Gasteiger partial charge in [0.25, 0.3) is 0 Å². The van der Waals surface area contributed by atoms with E-state index in [1.54, 1.807) is 18.5 Å². The minimum absolute atomic E-state index is 0.593. The van der Waals surface area contributed by atoms with Gasteiger partial charge in [0.2, 0.25) is 0 Å². The maximum Gasteiger partial charge on any atom is 0.151 e. The molecule has 0 aromatic carbocycles. The fourth-order valence-corrected chi connectivity index (χ4v) is 2.37. The maximum absolute atomic E-state index is 10.0. The number of pyridine rings is 1. The molecule has 1 aromatic rings. The first kappa shape index (κ1) is 13.0. The van der Waals surface area contributed by atoms with E-state index in [4.69, 9.17) is 10.5 Å². The van der Waals surface area contributed by atoms with Crippen molar-refractivity contribution in [3.63, 3.8) is 0 Å². The Morgan fingerprint density at radius 1 is 1.40 bits per heavy atom. The number of dihydropyridines is 1. The van der Waals surface area contributed by atoms with Crippen molar-refractivity contribution in [1.29, 1.82) is 0 Å². The molecule has 1 aromatic heterocycles. The summed E-state index contributed by atoms with van der Waals surface area (Å²) in [6, 6.07) is 3.85. The maximum atomic E-state index is 10.0. The summed E-state index contributed by atoms with van der Waals surface area (Å²) in [6.07, 6.45) is 4.38. The first-order chi connectivity index (χ1) is 9.74. The minimum Gasteiger partial charge on any atom is -0.398 e. The van der Waals surface area contributed by atoms with Gasteiger partial charge in [-0.25, -0.2) is 4.98 Å². The number of allylic oxidation sites excluding steroid dienone is 1. The highest BCUT2D eigenvalue weighted by molar-refractivity contribution is 5.73. The first-order valence-corrected chi connectivity index (χ1v) is 6.64. The van der Waals surface area contributed by atoms with Gasteiger partial charge in [0.1, 0.15) is 5.82 Å². The summed E-state index contributed by atoms with van der Waals surface area (Å²) in [5.41, 5.74) is 8.03. The average molecular weight is 274 g/mol. The molecule has 1 saturated heterocycles. The van der Waals surface area contributed by atoms with Crippen molar-refractivity contribution < 1.29 is 9.84 Å². The summed E-state index contributed by atoms with van der Waals surface area (Å²) in [5.74, 6) is 0.895. The molecule has 0 radical (unpaired) electrons. The van der Waals surface area contributed by atoms with Crippen molar-refractivity contribution in [3.8, 4) is 0 Å². The molecular formula is C14H18N4O2. The summed E-state index contributed by atoms with van der Waals surface area (Å²) < 4.78 is 5.34. The number of hydrogen-bond acceptors (Lipinski definition) is 6. The number of aliphatic hydroxyl groups excluding tert-OH is 1. The third-order valence-electron chi connectivity index (χ3n) is 3.44. The van der Waals surface area contributed by atoms with Crippen molar-refractivity contribution in [3.05, 3.63) is 41.9 Å². The number of morpholine rings is 1. The van der Waals surface area contributed by atoms with Crippen molar-refractivity contribution in [2.75, 3.05) is 31.2 Å². The molecule has 1 fully saturated rings. The highest BCUT2D eigenvalue weighted by atomic mass is 16.5. The van der Waals surface area contributed by atoms with Gasteiger partial charge in [-0.05, 0) is 23.8 Å². The molecule has 20 heavy (non-hydrogen) atoms. The fraction of sp³-hybridized carbons (Fsp3) is 0.357. The molecule has 2 aliphatic rings. The highest BCUT2D eigenvalue weighted by Crippen LogP contribution is 2.24. The number of hydrogen-bond donors (Lipinski definition) is 3. The van der Waals surface area contributed by atoms with Crippen LogP contribution in [-0.4, -0.2) is 42.6 Å². The van der Waals surface area contributed by atoms with Gasteiger partial charge >= 0.3 is 0 Å². The molecule has 4 N–H and O–H groups in total. The number of aromatic nitrogens is 1. The number of anilines is 1. The van der Waals surface area contributed by atoms with E-state index in [1.165, 1.54) is 0 Å². The molecule has 6 heteroatoms. The molecule has 0 aliphatic carbocycles. The summed E-state index contributed by atoms with van der Waals surface area (Å²) in [4.78, 5) is 6.57. The predicted molar refractivity (Wildman–Crippen MR) is 76.7 cm³/mol. The lowest BCUT2D eigenvalue weighted by Gasteiger charge is -2.28. The van der Waals surface area contributed by atoms with E-state index in [0.717, 1.165) is 30.0 Å². The van der Waals surface area contributed by atoms with E-state index in [-0.39, 0.29) is 0 Å². The van der Waals surface area contributed by atoms with E-state index in [1.807, 2.05) is 12.1 Å². The van der Waals surface area contributed by atoms with Crippen molar-refractivity contribution in [2.45, 2.75) is 6.23 Å². The van der Waals surface area contributed by atoms with Crippen LogP contribution in [0.4, 0.5) is 5.82 Å². The van der Waals surface area contributed by atoms with Gasteiger partial charge in [-0.1, -0.05) is 0 Å². The van der Waals surface area contributed by atoms with Gasteiger partial charge in [-0.2, -0.15) is 0 Å². The van der Waals surface area contributed by atoms with E-state index >= 15 is 0 Å². The molecular weight excluding hydrogens is 256 g/mol. The second-order valence-corrected chi connectivity index (χ2v) is 4.82. The zero-order chi connectivity index (χ0) is 13.9.